The van der Waals surface area contributed by atoms with Gasteiger partial charge in [0.15, 0.2) is 11.5 Å². The molecule has 16 nitrogen and oxygen atoms in total. The number of methoxy groups -OCH3 is 2. The fraction of sp³-hybridized carbons (Fsp3) is 0.289. The zero-order valence-electron chi connectivity index (χ0n) is 30.4. The second kappa shape index (κ2) is 17.9. The van der Waals surface area contributed by atoms with Crippen LogP contribution in [-0.4, -0.2) is 85.3 Å². The fourth-order valence-electron chi connectivity index (χ4n) is 6.20. The second-order valence-corrected chi connectivity index (χ2v) is 14.2. The molecule has 2 heterocycles. The number of carbonyl (C=O) groups is 3. The molecule has 2 atom stereocenters. The highest BCUT2D eigenvalue weighted by Crippen LogP contribution is 2.39. The minimum absolute atomic E-state index is 0.170. The highest BCUT2D eigenvalue weighted by Gasteiger charge is 2.47. The molecule has 1 fully saturated rings. The van der Waals surface area contributed by atoms with Crippen LogP contribution in [0.4, 0.5) is 5.82 Å². The van der Waals surface area contributed by atoms with Crippen LogP contribution in [0.2, 0.25) is 0 Å². The molecule has 0 aliphatic carbocycles. The molecule has 0 spiro atoms. The Kier molecular flexibility index (Phi) is 13.0. The van der Waals surface area contributed by atoms with Crippen molar-refractivity contribution in [3.05, 3.63) is 102 Å². The zero-order valence-corrected chi connectivity index (χ0v) is 31.2. The lowest BCUT2D eigenvalue weighted by molar-refractivity contribution is -0.144. The molecular formula is C38H42N6O10S. The number of pyridine rings is 1. The van der Waals surface area contributed by atoms with Crippen LogP contribution in [-0.2, 0) is 25.1 Å². The maximum absolute atomic E-state index is 13.8. The summed E-state index contributed by atoms with van der Waals surface area (Å²) < 4.78 is 49.1. The molecule has 5 rings (SSSR count). The largest absolute Gasteiger partial charge is 0.493 e. The molecule has 0 saturated carbocycles. The van der Waals surface area contributed by atoms with Crippen LogP contribution in [0.5, 0.6) is 23.0 Å². The molecule has 1 saturated heterocycles. The van der Waals surface area contributed by atoms with Crippen LogP contribution in [0.15, 0.2) is 95.1 Å². The number of hydroxylamine groups is 1. The van der Waals surface area contributed by atoms with Crippen molar-refractivity contribution in [2.45, 2.75) is 49.0 Å². The van der Waals surface area contributed by atoms with Gasteiger partial charge in [-0.1, -0.05) is 30.3 Å². The molecule has 0 radical (unpaired) electrons. The van der Waals surface area contributed by atoms with Gasteiger partial charge >= 0.3 is 0 Å². The lowest BCUT2D eigenvalue weighted by Crippen LogP contribution is -2.49. The monoisotopic (exact) mass is 774 g/mol. The second-order valence-electron chi connectivity index (χ2n) is 12.8. The maximum Gasteiger partial charge on any atom is 0.295 e. The van der Waals surface area contributed by atoms with Gasteiger partial charge in [-0.15, -0.1) is 0 Å². The predicted molar refractivity (Wildman–Crippen MR) is 201 cm³/mol. The van der Waals surface area contributed by atoms with E-state index in [-0.39, 0.29) is 46.6 Å². The first kappa shape index (κ1) is 40.2. The first-order valence-corrected chi connectivity index (χ1v) is 18.7. The summed E-state index contributed by atoms with van der Waals surface area (Å²) >= 11 is 0. The Hall–Kier alpha value is -6.04. The number of carbonyl (C=O) groups excluding carboxylic acids is 3. The van der Waals surface area contributed by atoms with Gasteiger partial charge in [-0.05, 0) is 80.6 Å². The van der Waals surface area contributed by atoms with Crippen molar-refractivity contribution in [3.63, 3.8) is 0 Å². The van der Waals surface area contributed by atoms with E-state index in [9.17, 15) is 32.6 Å². The molecular weight excluding hydrogens is 733 g/mol. The average Bonchev–Trinajstić information content (AvgIpc) is 3.49. The van der Waals surface area contributed by atoms with Crippen LogP contribution in [0.25, 0.3) is 0 Å². The molecule has 290 valence electrons. The lowest BCUT2D eigenvalue weighted by Gasteiger charge is -2.29. The van der Waals surface area contributed by atoms with E-state index in [2.05, 4.69) is 20.8 Å². The smallest absolute Gasteiger partial charge is 0.295 e. The molecule has 3 aromatic carbocycles. The number of nitrogens with one attached hydrogen (secondary N) is 3. The molecule has 1 aromatic heterocycles. The van der Waals surface area contributed by atoms with Gasteiger partial charge in [0.25, 0.3) is 21.9 Å². The average molecular weight is 775 g/mol. The van der Waals surface area contributed by atoms with Crippen molar-refractivity contribution in [1.29, 1.82) is 0 Å². The number of amides is 3. The molecule has 1 aliphatic heterocycles. The minimum Gasteiger partial charge on any atom is -0.493 e. The van der Waals surface area contributed by atoms with E-state index >= 15 is 0 Å². The van der Waals surface area contributed by atoms with E-state index in [4.69, 9.17) is 14.2 Å². The maximum atomic E-state index is 13.8. The van der Waals surface area contributed by atoms with Gasteiger partial charge in [0.2, 0.25) is 5.91 Å². The van der Waals surface area contributed by atoms with Gasteiger partial charge in [0.1, 0.15) is 28.3 Å². The summed E-state index contributed by atoms with van der Waals surface area (Å²) in [5.74, 6) is 1.20. The van der Waals surface area contributed by atoms with Crippen molar-refractivity contribution in [1.82, 2.24) is 20.7 Å². The highest BCUT2D eigenvalue weighted by atomic mass is 32.2. The lowest BCUT2D eigenvalue weighted by atomic mass is 9.81. The molecule has 0 bridgehead atoms. The quantitative estimate of drug-likeness (QED) is 0.0328. The van der Waals surface area contributed by atoms with Crippen molar-refractivity contribution in [2.24, 2.45) is 5.10 Å². The Bertz CT molecular complexity index is 2130. The highest BCUT2D eigenvalue weighted by molar-refractivity contribution is 7.86. The Labute approximate surface area is 318 Å². The summed E-state index contributed by atoms with van der Waals surface area (Å²) in [4.78, 5) is 44.6. The Balaban J connectivity index is 1.10. The van der Waals surface area contributed by atoms with Gasteiger partial charge in [0.05, 0.1) is 31.4 Å². The Morgan fingerprint density at radius 1 is 1.00 bits per heavy atom. The van der Waals surface area contributed by atoms with Gasteiger partial charge in [-0.3, -0.25) is 29.6 Å². The van der Waals surface area contributed by atoms with Crippen molar-refractivity contribution in [2.75, 3.05) is 32.7 Å². The third-order valence-corrected chi connectivity index (χ3v) is 10.2. The number of aromatic nitrogens is 1. The number of ether oxygens (including phenoxy) is 3. The summed E-state index contributed by atoms with van der Waals surface area (Å²) in [7, 11) is -1.34. The Morgan fingerprint density at radius 3 is 2.40 bits per heavy atom. The van der Waals surface area contributed by atoms with E-state index in [0.29, 0.717) is 48.8 Å². The molecule has 55 heavy (non-hydrogen) atoms. The molecule has 5 N–H and O–H groups in total. The number of hydrazone groups is 1. The number of likely N-dealkylation sites (tertiary alicyclic amines) is 1. The molecule has 0 unspecified atom stereocenters. The van der Waals surface area contributed by atoms with Crippen LogP contribution in [0.3, 0.4) is 0 Å². The first-order chi connectivity index (χ1) is 26.4. The number of unbranched alkanes of at least 4 members (excludes halogenated alkanes) is 1. The summed E-state index contributed by atoms with van der Waals surface area (Å²) in [6.07, 6.45) is 4.25. The summed E-state index contributed by atoms with van der Waals surface area (Å²) in [6, 6.07) is 20.3. The van der Waals surface area contributed by atoms with E-state index in [1.54, 1.807) is 49.0 Å². The van der Waals surface area contributed by atoms with Crippen molar-refractivity contribution < 1.29 is 46.8 Å². The predicted octanol–water partition coefficient (Wildman–Crippen LogP) is 4.55. The van der Waals surface area contributed by atoms with E-state index in [0.717, 1.165) is 5.56 Å². The van der Waals surface area contributed by atoms with Crippen LogP contribution < -0.4 is 30.4 Å². The number of hydrogen-bond donors (Lipinski definition) is 5. The molecule has 17 heteroatoms. The Morgan fingerprint density at radius 2 is 1.73 bits per heavy atom. The standard InChI is InChI=1S/C38H42N6O10S/c1-38(27-12-14-28(15-13-27)54-29-16-17-31(52-2)32(22-29)53-3)19-21-44(37(38)47)30(36(46)43-48)9-6-7-20-39-35(45)26-11-18-34(40-23-26)42-41-24-25-8-4-5-10-33(25)55(49,50)51/h4-5,8,10-18,22-24,30,48H,6-7,9,19-21H2,1-3H3,(H,39,45)(H,40,42)(H,43,46)(H,49,50,51)/b41-24+/t30-,38+/m1/s1. The van der Waals surface area contributed by atoms with E-state index in [1.165, 1.54) is 54.8 Å². The van der Waals surface area contributed by atoms with Crippen molar-refractivity contribution in [3.8, 4) is 23.0 Å². The number of benzene rings is 3. The van der Waals surface area contributed by atoms with Crippen LogP contribution in [0, 0.1) is 0 Å². The first-order valence-electron chi connectivity index (χ1n) is 17.2. The number of hydrogen-bond acceptors (Lipinski definition) is 12. The third kappa shape index (κ3) is 9.74. The van der Waals surface area contributed by atoms with Crippen molar-refractivity contribution >= 4 is 39.9 Å². The number of nitrogens with zero attached hydrogens (tertiary/aromatic N) is 3. The molecule has 1 aliphatic rings. The SMILES string of the molecule is COc1ccc(Oc2ccc([C@]3(C)CCN([C@H](CCCCNC(=O)c4ccc(N/N=C/c5ccccc5S(=O)(=O)O)nc4)C(=O)NO)C3=O)cc2)cc1OC. The van der Waals surface area contributed by atoms with Gasteiger partial charge < -0.3 is 24.4 Å². The van der Waals surface area contributed by atoms with Gasteiger partial charge in [0, 0.05) is 30.9 Å². The summed E-state index contributed by atoms with van der Waals surface area (Å²) in [6.45, 7) is 2.43. The van der Waals surface area contributed by atoms with Gasteiger partial charge in [-0.2, -0.15) is 13.5 Å². The van der Waals surface area contributed by atoms with E-state index in [1.807, 2.05) is 19.1 Å². The van der Waals surface area contributed by atoms with Crippen LogP contribution >= 0.6 is 0 Å². The minimum atomic E-state index is -4.43. The summed E-state index contributed by atoms with van der Waals surface area (Å²) in [5, 5.41) is 16.3. The normalized spacial score (nSPS) is 16.1. The molecule has 3 amide bonds. The molecule has 4 aromatic rings. The fourth-order valence-corrected chi connectivity index (χ4v) is 6.86. The zero-order chi connectivity index (χ0) is 39.6. The third-order valence-electron chi connectivity index (χ3n) is 9.25. The number of rotatable bonds is 17. The summed E-state index contributed by atoms with van der Waals surface area (Å²) in [5.41, 5.74) is 4.66. The topological polar surface area (TPSA) is 218 Å². The van der Waals surface area contributed by atoms with Crippen LogP contribution in [0.1, 0.15) is 54.1 Å². The van der Waals surface area contributed by atoms with E-state index < -0.39 is 27.5 Å². The number of anilines is 1. The van der Waals surface area contributed by atoms with Gasteiger partial charge in [-0.25, -0.2) is 10.5 Å².